The molecule has 2 rings (SSSR count). The van der Waals surface area contributed by atoms with Gasteiger partial charge in [-0.2, -0.15) is 4.72 Å². The van der Waals surface area contributed by atoms with Gasteiger partial charge in [0, 0.05) is 19.2 Å². The third kappa shape index (κ3) is 6.10. The number of esters is 1. The number of sulfonamides is 1. The second-order valence-corrected chi connectivity index (χ2v) is 8.06. The van der Waals surface area contributed by atoms with E-state index in [1.165, 1.54) is 32.4 Å². The first kappa shape index (κ1) is 22.0. The Kier molecular flexibility index (Phi) is 8.06. The maximum atomic E-state index is 12.3. The van der Waals surface area contributed by atoms with Gasteiger partial charge in [0.05, 0.1) is 19.1 Å². The lowest BCUT2D eigenvalue weighted by Crippen LogP contribution is -2.37. The number of carbonyl (C=O) groups is 2. The van der Waals surface area contributed by atoms with Crippen molar-refractivity contribution in [1.29, 1.82) is 0 Å². The SMILES string of the molecule is COc1ccc(S(=O)(=O)NCC(=O)OCC(=O)N2CCCCCC2)cc1OC. The molecule has 10 heteroatoms. The molecule has 0 saturated carbocycles. The van der Waals surface area contributed by atoms with Crippen LogP contribution in [-0.2, 0) is 24.3 Å². The highest BCUT2D eigenvalue weighted by atomic mass is 32.2. The molecule has 1 saturated heterocycles. The number of benzene rings is 1. The lowest BCUT2D eigenvalue weighted by molar-refractivity contribution is -0.151. The minimum atomic E-state index is -3.96. The summed E-state index contributed by atoms with van der Waals surface area (Å²) in [6.07, 6.45) is 4.04. The Bertz CT molecular complexity index is 787. The maximum absolute atomic E-state index is 12.3. The Labute approximate surface area is 165 Å². The number of nitrogens with one attached hydrogen (secondary N) is 1. The summed E-state index contributed by atoms with van der Waals surface area (Å²) in [6.45, 7) is 0.339. The Morgan fingerprint density at radius 1 is 1.04 bits per heavy atom. The molecule has 0 unspecified atom stereocenters. The number of hydrogen-bond acceptors (Lipinski definition) is 7. The smallest absolute Gasteiger partial charge is 0.321 e. The molecule has 156 valence electrons. The highest BCUT2D eigenvalue weighted by Gasteiger charge is 2.20. The van der Waals surface area contributed by atoms with E-state index in [4.69, 9.17) is 14.2 Å². The van der Waals surface area contributed by atoms with Crippen molar-refractivity contribution in [2.24, 2.45) is 0 Å². The van der Waals surface area contributed by atoms with Gasteiger partial charge < -0.3 is 19.1 Å². The van der Waals surface area contributed by atoms with Gasteiger partial charge >= 0.3 is 5.97 Å². The van der Waals surface area contributed by atoms with E-state index >= 15 is 0 Å². The summed E-state index contributed by atoms with van der Waals surface area (Å²) in [4.78, 5) is 25.5. The number of nitrogens with zero attached hydrogens (tertiary/aromatic N) is 1. The average molecular weight is 414 g/mol. The molecular formula is C18H26N2O7S. The van der Waals surface area contributed by atoms with Gasteiger partial charge in [-0.25, -0.2) is 8.42 Å². The van der Waals surface area contributed by atoms with Crippen molar-refractivity contribution in [3.8, 4) is 11.5 Å². The summed E-state index contributed by atoms with van der Waals surface area (Å²) in [7, 11) is -1.13. The van der Waals surface area contributed by atoms with Crippen molar-refractivity contribution in [3.05, 3.63) is 18.2 Å². The quantitative estimate of drug-likeness (QED) is 0.630. The third-order valence-electron chi connectivity index (χ3n) is 4.39. The van der Waals surface area contributed by atoms with Crippen LogP contribution in [-0.4, -0.2) is 65.7 Å². The van der Waals surface area contributed by atoms with Crippen LogP contribution in [0.3, 0.4) is 0 Å². The van der Waals surface area contributed by atoms with Gasteiger partial charge in [0.1, 0.15) is 6.54 Å². The van der Waals surface area contributed by atoms with E-state index in [0.29, 0.717) is 18.8 Å². The van der Waals surface area contributed by atoms with Gasteiger partial charge in [0.15, 0.2) is 18.1 Å². The predicted octanol–water partition coefficient (Wildman–Crippen LogP) is 0.928. The van der Waals surface area contributed by atoms with Crippen LogP contribution in [0, 0.1) is 0 Å². The maximum Gasteiger partial charge on any atom is 0.321 e. The Balaban J connectivity index is 1.86. The number of carbonyl (C=O) groups excluding carboxylic acids is 2. The van der Waals surface area contributed by atoms with Gasteiger partial charge in [-0.15, -0.1) is 0 Å². The van der Waals surface area contributed by atoms with Crippen LogP contribution >= 0.6 is 0 Å². The number of methoxy groups -OCH3 is 2. The van der Waals surface area contributed by atoms with Crippen LogP contribution in [0.2, 0.25) is 0 Å². The fraction of sp³-hybridized carbons (Fsp3) is 0.556. The first-order valence-electron chi connectivity index (χ1n) is 9.02. The van der Waals surface area contributed by atoms with Crippen molar-refractivity contribution >= 4 is 21.9 Å². The van der Waals surface area contributed by atoms with Crippen LogP contribution in [0.15, 0.2) is 23.1 Å². The molecule has 0 aliphatic carbocycles. The van der Waals surface area contributed by atoms with Crippen LogP contribution in [0.5, 0.6) is 11.5 Å². The van der Waals surface area contributed by atoms with Gasteiger partial charge in [-0.3, -0.25) is 9.59 Å². The van der Waals surface area contributed by atoms with E-state index in [1.807, 2.05) is 0 Å². The molecule has 0 atom stereocenters. The zero-order valence-electron chi connectivity index (χ0n) is 16.1. The molecule has 1 fully saturated rings. The molecule has 28 heavy (non-hydrogen) atoms. The number of rotatable bonds is 8. The molecule has 0 bridgehead atoms. The number of amides is 1. The fourth-order valence-electron chi connectivity index (χ4n) is 2.83. The zero-order valence-corrected chi connectivity index (χ0v) is 16.9. The fourth-order valence-corrected chi connectivity index (χ4v) is 3.81. The van der Waals surface area contributed by atoms with Gasteiger partial charge in [-0.05, 0) is 25.0 Å². The van der Waals surface area contributed by atoms with E-state index < -0.39 is 29.1 Å². The molecule has 1 aliphatic heterocycles. The molecule has 0 spiro atoms. The molecule has 0 radical (unpaired) electrons. The van der Waals surface area contributed by atoms with Gasteiger partial charge in [-0.1, -0.05) is 12.8 Å². The van der Waals surface area contributed by atoms with E-state index in [9.17, 15) is 18.0 Å². The number of ether oxygens (including phenoxy) is 3. The molecule has 1 amide bonds. The molecular weight excluding hydrogens is 388 g/mol. The number of likely N-dealkylation sites (tertiary alicyclic amines) is 1. The summed E-state index contributed by atoms with van der Waals surface area (Å²) >= 11 is 0. The van der Waals surface area contributed by atoms with Crippen molar-refractivity contribution in [3.63, 3.8) is 0 Å². The topological polar surface area (TPSA) is 111 Å². The van der Waals surface area contributed by atoms with Gasteiger partial charge in [0.25, 0.3) is 5.91 Å². The lowest BCUT2D eigenvalue weighted by Gasteiger charge is -2.19. The lowest BCUT2D eigenvalue weighted by atomic mass is 10.2. The highest BCUT2D eigenvalue weighted by Crippen LogP contribution is 2.29. The van der Waals surface area contributed by atoms with Crippen LogP contribution < -0.4 is 14.2 Å². The van der Waals surface area contributed by atoms with E-state index in [0.717, 1.165) is 25.7 Å². The summed E-state index contributed by atoms with van der Waals surface area (Å²) in [6, 6.07) is 4.07. The standard InChI is InChI=1S/C18H26N2O7S/c1-25-15-8-7-14(11-16(15)26-2)28(23,24)19-12-18(22)27-13-17(21)20-9-5-3-4-6-10-20/h7-8,11,19H,3-6,9-10,12-13H2,1-2H3. The molecule has 9 nitrogen and oxygen atoms in total. The molecule has 1 N–H and O–H groups in total. The predicted molar refractivity (Wildman–Crippen MR) is 101 cm³/mol. The summed E-state index contributed by atoms with van der Waals surface area (Å²) in [5, 5.41) is 0. The summed E-state index contributed by atoms with van der Waals surface area (Å²) < 4.78 is 41.9. The minimum Gasteiger partial charge on any atom is -0.493 e. The van der Waals surface area contributed by atoms with E-state index in [1.54, 1.807) is 4.90 Å². The molecule has 1 aromatic rings. The Morgan fingerprint density at radius 2 is 1.68 bits per heavy atom. The summed E-state index contributed by atoms with van der Waals surface area (Å²) in [5.74, 6) is -0.464. The third-order valence-corrected chi connectivity index (χ3v) is 5.79. The first-order valence-corrected chi connectivity index (χ1v) is 10.5. The molecule has 0 aromatic heterocycles. The molecule has 1 aliphatic rings. The summed E-state index contributed by atoms with van der Waals surface area (Å²) in [5.41, 5.74) is 0. The Morgan fingerprint density at radius 3 is 2.29 bits per heavy atom. The van der Waals surface area contributed by atoms with Crippen molar-refractivity contribution in [2.75, 3.05) is 40.5 Å². The van der Waals surface area contributed by atoms with Crippen molar-refractivity contribution < 1.29 is 32.2 Å². The first-order chi connectivity index (χ1) is 13.4. The van der Waals surface area contributed by atoms with Crippen molar-refractivity contribution in [1.82, 2.24) is 9.62 Å². The molecule has 1 aromatic carbocycles. The largest absolute Gasteiger partial charge is 0.493 e. The van der Waals surface area contributed by atoms with Crippen LogP contribution in [0.25, 0.3) is 0 Å². The second-order valence-electron chi connectivity index (χ2n) is 6.30. The van der Waals surface area contributed by atoms with Gasteiger partial charge in [0.2, 0.25) is 10.0 Å². The average Bonchev–Trinajstić information content (AvgIpc) is 2.99. The monoisotopic (exact) mass is 414 g/mol. The van der Waals surface area contributed by atoms with Crippen LogP contribution in [0.1, 0.15) is 25.7 Å². The normalized spacial score (nSPS) is 14.9. The molecule has 1 heterocycles. The van der Waals surface area contributed by atoms with Crippen LogP contribution in [0.4, 0.5) is 0 Å². The highest BCUT2D eigenvalue weighted by molar-refractivity contribution is 7.89. The second kappa shape index (κ2) is 10.3. The Hall–Kier alpha value is -2.33. The minimum absolute atomic E-state index is 0.0846. The van der Waals surface area contributed by atoms with E-state index in [2.05, 4.69) is 4.72 Å². The number of hydrogen-bond donors (Lipinski definition) is 1. The zero-order chi connectivity index (χ0) is 20.6. The van der Waals surface area contributed by atoms with Crippen molar-refractivity contribution in [2.45, 2.75) is 30.6 Å². The van der Waals surface area contributed by atoms with E-state index in [-0.39, 0.29) is 16.6 Å².